The second-order valence-corrected chi connectivity index (χ2v) is 6.90. The van der Waals surface area contributed by atoms with E-state index in [-0.39, 0.29) is 11.9 Å². The molecule has 1 aromatic carbocycles. The molecular weight excluding hydrogens is 324 g/mol. The second-order valence-electron chi connectivity index (χ2n) is 5.75. The van der Waals surface area contributed by atoms with Crippen molar-refractivity contribution < 1.29 is 9.53 Å². The van der Waals surface area contributed by atoms with Gasteiger partial charge in [0, 0.05) is 55.6 Å². The van der Waals surface area contributed by atoms with Crippen LogP contribution in [0, 0.1) is 0 Å². The zero-order chi connectivity index (χ0) is 16.8. The van der Waals surface area contributed by atoms with E-state index in [4.69, 9.17) is 4.74 Å². The van der Waals surface area contributed by atoms with Crippen LogP contribution < -0.4 is 15.4 Å². The molecule has 1 atom stereocenters. The van der Waals surface area contributed by atoms with Gasteiger partial charge in [0.05, 0.1) is 0 Å². The van der Waals surface area contributed by atoms with Crippen molar-refractivity contribution in [1.29, 1.82) is 0 Å². The van der Waals surface area contributed by atoms with Crippen LogP contribution in [0.15, 0.2) is 36.7 Å². The van der Waals surface area contributed by atoms with Crippen LogP contribution in [-0.2, 0) is 18.4 Å². The van der Waals surface area contributed by atoms with Gasteiger partial charge in [-0.3, -0.25) is 4.79 Å². The number of nitrogens with zero attached hydrogens (tertiary/aromatic N) is 2. The third-order valence-electron chi connectivity index (χ3n) is 3.86. The lowest BCUT2D eigenvalue weighted by Crippen LogP contribution is -2.39. The quantitative estimate of drug-likeness (QED) is 0.838. The zero-order valence-electron chi connectivity index (χ0n) is 13.7. The highest BCUT2D eigenvalue weighted by molar-refractivity contribution is 7.99. The molecule has 1 saturated heterocycles. The number of hydrogen-bond donors (Lipinski definition) is 2. The fourth-order valence-electron chi connectivity index (χ4n) is 2.50. The van der Waals surface area contributed by atoms with Gasteiger partial charge in [-0.1, -0.05) is 0 Å². The highest BCUT2D eigenvalue weighted by atomic mass is 32.2. The van der Waals surface area contributed by atoms with E-state index in [9.17, 15) is 4.79 Å². The van der Waals surface area contributed by atoms with Crippen LogP contribution in [0.1, 0.15) is 12.2 Å². The average Bonchev–Trinajstić information content (AvgIpc) is 3.00. The Morgan fingerprint density at radius 2 is 2.29 bits per heavy atom. The number of hydrogen-bond acceptors (Lipinski definition) is 5. The van der Waals surface area contributed by atoms with E-state index >= 15 is 0 Å². The minimum Gasteiger partial charge on any atom is -0.486 e. The molecule has 1 aliphatic heterocycles. The van der Waals surface area contributed by atoms with Gasteiger partial charge in [-0.15, -0.1) is 0 Å². The van der Waals surface area contributed by atoms with Crippen molar-refractivity contribution in [3.8, 4) is 5.75 Å². The molecule has 1 aromatic heterocycles. The highest BCUT2D eigenvalue weighted by Crippen LogP contribution is 2.17. The summed E-state index contributed by atoms with van der Waals surface area (Å²) in [6.45, 7) is 1.39. The number of aryl methyl sites for hydroxylation is 1. The number of carbonyl (C=O) groups excluding carboxylic acids is 1. The van der Waals surface area contributed by atoms with Crippen molar-refractivity contribution in [1.82, 2.24) is 14.9 Å². The summed E-state index contributed by atoms with van der Waals surface area (Å²) in [5.41, 5.74) is 0.785. The van der Waals surface area contributed by atoms with Crippen LogP contribution >= 0.6 is 11.8 Å². The van der Waals surface area contributed by atoms with Crippen molar-refractivity contribution in [3.63, 3.8) is 0 Å². The smallest absolute Gasteiger partial charge is 0.225 e. The highest BCUT2D eigenvalue weighted by Gasteiger charge is 2.16. The largest absolute Gasteiger partial charge is 0.486 e. The molecular formula is C17H22N4O2S. The molecule has 24 heavy (non-hydrogen) atoms. The molecule has 1 amide bonds. The molecule has 1 fully saturated rings. The van der Waals surface area contributed by atoms with Crippen LogP contribution in [-0.4, -0.2) is 39.6 Å². The minimum atomic E-state index is 0.0386. The summed E-state index contributed by atoms with van der Waals surface area (Å²) in [5.74, 6) is 3.77. The summed E-state index contributed by atoms with van der Waals surface area (Å²) in [6, 6.07) is 7.69. The molecule has 3 rings (SSSR count). The number of benzene rings is 1. The van der Waals surface area contributed by atoms with Gasteiger partial charge in [-0.2, -0.15) is 11.8 Å². The number of aromatic nitrogens is 2. The number of thioether (sulfide) groups is 1. The Kier molecular flexibility index (Phi) is 5.77. The predicted molar refractivity (Wildman–Crippen MR) is 96.3 cm³/mol. The van der Waals surface area contributed by atoms with Gasteiger partial charge in [0.1, 0.15) is 18.2 Å². The van der Waals surface area contributed by atoms with Gasteiger partial charge >= 0.3 is 0 Å². The van der Waals surface area contributed by atoms with Crippen LogP contribution in [0.3, 0.4) is 0 Å². The van der Waals surface area contributed by atoms with Gasteiger partial charge in [0.25, 0.3) is 0 Å². The molecule has 0 aliphatic carbocycles. The summed E-state index contributed by atoms with van der Waals surface area (Å²) in [5, 5.41) is 6.30. The van der Waals surface area contributed by atoms with E-state index < -0.39 is 0 Å². The molecule has 6 nitrogen and oxygen atoms in total. The minimum absolute atomic E-state index is 0.0386. The monoisotopic (exact) mass is 346 g/mol. The topological polar surface area (TPSA) is 68.2 Å². The summed E-state index contributed by atoms with van der Waals surface area (Å²) in [7, 11) is 1.93. The van der Waals surface area contributed by atoms with Gasteiger partial charge in [0.2, 0.25) is 5.91 Å². The van der Waals surface area contributed by atoms with Gasteiger partial charge in [0.15, 0.2) is 0 Å². The molecule has 2 aromatic rings. The molecule has 7 heteroatoms. The summed E-state index contributed by atoms with van der Waals surface area (Å²) in [6.07, 6.45) is 4.14. The van der Waals surface area contributed by atoms with E-state index in [0.29, 0.717) is 13.0 Å². The van der Waals surface area contributed by atoms with Crippen LogP contribution in [0.2, 0.25) is 0 Å². The first-order valence-electron chi connectivity index (χ1n) is 8.01. The average molecular weight is 346 g/mol. The second kappa shape index (κ2) is 8.21. The first kappa shape index (κ1) is 16.9. The third-order valence-corrected chi connectivity index (χ3v) is 4.99. The van der Waals surface area contributed by atoms with E-state index in [2.05, 4.69) is 15.6 Å². The Morgan fingerprint density at radius 3 is 2.96 bits per heavy atom. The van der Waals surface area contributed by atoms with E-state index in [1.807, 2.05) is 53.8 Å². The number of rotatable bonds is 6. The summed E-state index contributed by atoms with van der Waals surface area (Å²) < 4.78 is 7.63. The fraction of sp³-hybridized carbons (Fsp3) is 0.412. The van der Waals surface area contributed by atoms with Crippen LogP contribution in [0.4, 0.5) is 5.69 Å². The SMILES string of the molecule is Cn1ccnc1COc1ccc(NC(=O)CC2CSCCN2)cc1. The number of nitrogens with one attached hydrogen (secondary N) is 2. The zero-order valence-corrected chi connectivity index (χ0v) is 14.5. The lowest BCUT2D eigenvalue weighted by molar-refractivity contribution is -0.116. The maximum absolute atomic E-state index is 12.1. The normalized spacial score (nSPS) is 17.5. The molecule has 1 aliphatic rings. The number of amides is 1. The number of carbonyl (C=O) groups is 1. The molecule has 2 heterocycles. The van der Waals surface area contributed by atoms with E-state index in [0.717, 1.165) is 35.3 Å². The van der Waals surface area contributed by atoms with Crippen molar-refractivity contribution in [2.24, 2.45) is 7.05 Å². The molecule has 0 saturated carbocycles. The lowest BCUT2D eigenvalue weighted by Gasteiger charge is -2.22. The fourth-order valence-corrected chi connectivity index (χ4v) is 3.45. The first-order chi connectivity index (χ1) is 11.7. The Morgan fingerprint density at radius 1 is 1.46 bits per heavy atom. The molecule has 2 N–H and O–H groups in total. The van der Waals surface area contributed by atoms with Gasteiger partial charge in [-0.25, -0.2) is 4.98 Å². The number of ether oxygens (including phenoxy) is 1. The standard InChI is InChI=1S/C17H22N4O2S/c1-21-8-6-19-16(21)11-23-15-4-2-13(3-5-15)20-17(22)10-14-12-24-9-7-18-14/h2-6,8,14,18H,7,9-12H2,1H3,(H,20,22). The molecule has 0 radical (unpaired) electrons. The summed E-state index contributed by atoms with van der Waals surface area (Å²) >= 11 is 1.89. The first-order valence-corrected chi connectivity index (χ1v) is 9.16. The maximum Gasteiger partial charge on any atom is 0.225 e. The van der Waals surface area contributed by atoms with Crippen molar-refractivity contribution in [3.05, 3.63) is 42.5 Å². The summed E-state index contributed by atoms with van der Waals surface area (Å²) in [4.78, 5) is 16.3. The van der Waals surface area contributed by atoms with E-state index in [1.165, 1.54) is 0 Å². The van der Waals surface area contributed by atoms with Gasteiger partial charge in [-0.05, 0) is 24.3 Å². The molecule has 1 unspecified atom stereocenters. The molecule has 0 bridgehead atoms. The predicted octanol–water partition coefficient (Wildman–Crippen LogP) is 2.03. The van der Waals surface area contributed by atoms with Crippen LogP contribution in [0.5, 0.6) is 5.75 Å². The van der Waals surface area contributed by atoms with Crippen molar-refractivity contribution >= 4 is 23.4 Å². The van der Waals surface area contributed by atoms with Gasteiger partial charge < -0.3 is 19.9 Å². The van der Waals surface area contributed by atoms with Crippen molar-refractivity contribution in [2.75, 3.05) is 23.4 Å². The lowest BCUT2D eigenvalue weighted by atomic mass is 10.2. The number of anilines is 1. The van der Waals surface area contributed by atoms with Crippen LogP contribution in [0.25, 0.3) is 0 Å². The molecule has 128 valence electrons. The Hall–Kier alpha value is -1.99. The van der Waals surface area contributed by atoms with Crippen molar-refractivity contribution in [2.45, 2.75) is 19.1 Å². The Balaban J connectivity index is 1.47. The van der Waals surface area contributed by atoms with E-state index in [1.54, 1.807) is 6.20 Å². The maximum atomic E-state index is 12.1. The Labute approximate surface area is 146 Å². The molecule has 0 spiro atoms. The Bertz CT molecular complexity index is 665. The number of imidazole rings is 1. The third kappa shape index (κ3) is 4.75.